The lowest BCUT2D eigenvalue weighted by atomic mass is 10.3. The third-order valence-electron chi connectivity index (χ3n) is 3.35. The summed E-state index contributed by atoms with van der Waals surface area (Å²) in [5.74, 6) is 0. The van der Waals surface area contributed by atoms with Crippen molar-refractivity contribution in [2.75, 3.05) is 46.0 Å². The van der Waals surface area contributed by atoms with Gasteiger partial charge in [-0.2, -0.15) is 11.8 Å². The summed E-state index contributed by atoms with van der Waals surface area (Å²) in [6.07, 6.45) is 5.16. The van der Waals surface area contributed by atoms with E-state index in [9.17, 15) is 0 Å². The second kappa shape index (κ2) is 3.79. The van der Waals surface area contributed by atoms with E-state index in [0.29, 0.717) is 4.75 Å². The lowest BCUT2D eigenvalue weighted by molar-refractivity contribution is 0.153. The molecule has 3 heteroatoms. The Morgan fingerprint density at radius 2 is 1.77 bits per heavy atom. The van der Waals surface area contributed by atoms with Crippen molar-refractivity contribution in [2.24, 2.45) is 0 Å². The van der Waals surface area contributed by atoms with Crippen LogP contribution in [0.2, 0.25) is 0 Å². The van der Waals surface area contributed by atoms with Gasteiger partial charge in [0.1, 0.15) is 0 Å². The Morgan fingerprint density at radius 3 is 2.23 bits per heavy atom. The maximum absolute atomic E-state index is 2.64. The minimum Gasteiger partial charge on any atom is -0.304 e. The van der Waals surface area contributed by atoms with Gasteiger partial charge < -0.3 is 4.90 Å². The molecule has 76 valence electrons. The van der Waals surface area contributed by atoms with E-state index in [-0.39, 0.29) is 0 Å². The zero-order valence-electron chi connectivity index (χ0n) is 8.75. The molecule has 0 aromatic carbocycles. The summed E-state index contributed by atoms with van der Waals surface area (Å²) in [5, 5.41) is 0. The fraction of sp³-hybridized carbons (Fsp3) is 1.00. The van der Waals surface area contributed by atoms with Crippen LogP contribution in [0.4, 0.5) is 0 Å². The van der Waals surface area contributed by atoms with E-state index in [4.69, 9.17) is 0 Å². The van der Waals surface area contributed by atoms with Gasteiger partial charge in [-0.1, -0.05) is 0 Å². The smallest absolute Gasteiger partial charge is 0.0285 e. The summed E-state index contributed by atoms with van der Waals surface area (Å²) in [4.78, 5) is 5.07. The molecule has 2 rings (SSSR count). The van der Waals surface area contributed by atoms with Gasteiger partial charge in [-0.25, -0.2) is 0 Å². The van der Waals surface area contributed by atoms with Crippen LogP contribution in [-0.4, -0.2) is 60.6 Å². The average molecular weight is 200 g/mol. The lowest BCUT2D eigenvalue weighted by Crippen LogP contribution is -2.47. The van der Waals surface area contributed by atoms with Crippen LogP contribution in [0, 0.1) is 0 Å². The first-order valence-corrected chi connectivity index (χ1v) is 6.43. The molecule has 1 aliphatic heterocycles. The van der Waals surface area contributed by atoms with Gasteiger partial charge in [0.05, 0.1) is 0 Å². The van der Waals surface area contributed by atoms with Crippen molar-refractivity contribution in [1.29, 1.82) is 0 Å². The van der Waals surface area contributed by atoms with E-state index in [2.05, 4.69) is 34.9 Å². The summed E-state index contributed by atoms with van der Waals surface area (Å²) in [5.41, 5.74) is 0. The van der Waals surface area contributed by atoms with Gasteiger partial charge in [0.2, 0.25) is 0 Å². The molecule has 1 saturated heterocycles. The van der Waals surface area contributed by atoms with E-state index in [0.717, 1.165) is 0 Å². The largest absolute Gasteiger partial charge is 0.304 e. The number of likely N-dealkylation sites (N-methyl/N-ethyl adjacent to an activating group) is 1. The van der Waals surface area contributed by atoms with Gasteiger partial charge >= 0.3 is 0 Å². The van der Waals surface area contributed by atoms with Crippen molar-refractivity contribution < 1.29 is 0 Å². The minimum absolute atomic E-state index is 0.663. The van der Waals surface area contributed by atoms with Gasteiger partial charge in [-0.15, -0.1) is 0 Å². The maximum atomic E-state index is 2.64. The quantitative estimate of drug-likeness (QED) is 0.674. The first-order chi connectivity index (χ1) is 6.24. The number of hydrogen-bond donors (Lipinski definition) is 0. The Morgan fingerprint density at radius 1 is 1.15 bits per heavy atom. The zero-order chi connectivity index (χ0) is 9.31. The van der Waals surface area contributed by atoms with Gasteiger partial charge in [0, 0.05) is 37.5 Å². The lowest BCUT2D eigenvalue weighted by Gasteiger charge is -2.34. The zero-order valence-corrected chi connectivity index (χ0v) is 9.57. The minimum atomic E-state index is 0.663. The molecular formula is C10H20N2S. The maximum Gasteiger partial charge on any atom is 0.0285 e. The topological polar surface area (TPSA) is 6.48 Å². The number of nitrogens with zero attached hydrogens (tertiary/aromatic N) is 2. The Hall–Kier alpha value is 0.270. The van der Waals surface area contributed by atoms with E-state index in [1.54, 1.807) is 0 Å². The van der Waals surface area contributed by atoms with Crippen molar-refractivity contribution in [3.05, 3.63) is 0 Å². The predicted octanol–water partition coefficient (Wildman–Crippen LogP) is 1.13. The van der Waals surface area contributed by atoms with Crippen LogP contribution in [0.15, 0.2) is 0 Å². The summed E-state index contributed by atoms with van der Waals surface area (Å²) in [7, 11) is 2.22. The molecule has 0 amide bonds. The third kappa shape index (κ3) is 2.39. The molecular weight excluding hydrogens is 180 g/mol. The molecule has 2 fully saturated rings. The number of rotatable bonds is 3. The number of piperazine rings is 1. The van der Waals surface area contributed by atoms with Gasteiger partial charge in [0.15, 0.2) is 0 Å². The molecule has 1 aliphatic carbocycles. The van der Waals surface area contributed by atoms with Gasteiger partial charge in [0.25, 0.3) is 0 Å². The molecule has 0 spiro atoms. The van der Waals surface area contributed by atoms with E-state index in [1.807, 2.05) is 0 Å². The molecule has 0 aromatic rings. The van der Waals surface area contributed by atoms with Crippen molar-refractivity contribution in [2.45, 2.75) is 17.6 Å². The van der Waals surface area contributed by atoms with Crippen molar-refractivity contribution in [3.8, 4) is 0 Å². The van der Waals surface area contributed by atoms with Crippen LogP contribution >= 0.6 is 11.8 Å². The second-order valence-electron chi connectivity index (χ2n) is 4.47. The number of thioether (sulfide) groups is 1. The fourth-order valence-corrected chi connectivity index (χ4v) is 2.80. The SMILES string of the molecule is CSC1(CN2CCN(C)CC2)CC1. The number of hydrogen-bond acceptors (Lipinski definition) is 3. The summed E-state index contributed by atoms with van der Waals surface area (Å²) >= 11 is 2.08. The Kier molecular flexibility index (Phi) is 2.86. The molecule has 0 bridgehead atoms. The van der Waals surface area contributed by atoms with Crippen LogP contribution in [-0.2, 0) is 0 Å². The summed E-state index contributed by atoms with van der Waals surface area (Å²) in [6.45, 7) is 6.40. The molecule has 0 aromatic heterocycles. The highest BCUT2D eigenvalue weighted by Crippen LogP contribution is 2.47. The highest BCUT2D eigenvalue weighted by Gasteiger charge is 2.43. The summed E-state index contributed by atoms with van der Waals surface area (Å²) < 4.78 is 0.663. The normalized spacial score (nSPS) is 29.1. The van der Waals surface area contributed by atoms with Crippen LogP contribution in [0.25, 0.3) is 0 Å². The second-order valence-corrected chi connectivity index (χ2v) is 5.74. The standard InChI is InChI=1S/C10H20N2S/c1-11-5-7-12(8-6-11)9-10(13-2)3-4-10/h3-9H2,1-2H3. The van der Waals surface area contributed by atoms with Crippen LogP contribution in [0.5, 0.6) is 0 Å². The Bertz CT molecular complexity index is 172. The predicted molar refractivity (Wildman–Crippen MR) is 59.4 cm³/mol. The van der Waals surface area contributed by atoms with Crippen LogP contribution < -0.4 is 0 Å². The first kappa shape index (κ1) is 9.81. The van der Waals surface area contributed by atoms with Gasteiger partial charge in [-0.3, -0.25) is 4.90 Å². The van der Waals surface area contributed by atoms with E-state index < -0.39 is 0 Å². The van der Waals surface area contributed by atoms with Crippen LogP contribution in [0.1, 0.15) is 12.8 Å². The fourth-order valence-electron chi connectivity index (χ4n) is 1.98. The molecule has 1 saturated carbocycles. The molecule has 2 aliphatic rings. The van der Waals surface area contributed by atoms with Gasteiger partial charge in [-0.05, 0) is 26.1 Å². The molecule has 0 atom stereocenters. The van der Waals surface area contributed by atoms with Crippen molar-refractivity contribution in [1.82, 2.24) is 9.80 Å². The van der Waals surface area contributed by atoms with Crippen LogP contribution in [0.3, 0.4) is 0 Å². The molecule has 13 heavy (non-hydrogen) atoms. The highest BCUT2D eigenvalue weighted by atomic mass is 32.2. The van der Waals surface area contributed by atoms with Crippen molar-refractivity contribution >= 4 is 11.8 Å². The molecule has 0 unspecified atom stereocenters. The third-order valence-corrected chi connectivity index (χ3v) is 4.75. The molecule has 0 radical (unpaired) electrons. The monoisotopic (exact) mass is 200 g/mol. The highest BCUT2D eigenvalue weighted by molar-refractivity contribution is 8.00. The Labute approximate surface area is 85.7 Å². The first-order valence-electron chi connectivity index (χ1n) is 5.20. The van der Waals surface area contributed by atoms with E-state index in [1.165, 1.54) is 45.6 Å². The average Bonchev–Trinajstić information content (AvgIpc) is 2.90. The summed E-state index contributed by atoms with van der Waals surface area (Å²) in [6, 6.07) is 0. The molecule has 2 nitrogen and oxygen atoms in total. The van der Waals surface area contributed by atoms with E-state index >= 15 is 0 Å². The Balaban J connectivity index is 1.76. The molecule has 0 N–H and O–H groups in total. The molecule has 1 heterocycles. The van der Waals surface area contributed by atoms with Crippen molar-refractivity contribution in [3.63, 3.8) is 0 Å².